The number of carboxylic acid groups (broad SMARTS) is 2. The van der Waals surface area contributed by atoms with E-state index >= 15 is 0 Å². The zero-order valence-electron chi connectivity index (χ0n) is 19.4. The Morgan fingerprint density at radius 2 is 1.83 bits per heavy atom. The number of aliphatic carboxylic acids is 2. The third-order valence-electron chi connectivity index (χ3n) is 5.47. The summed E-state index contributed by atoms with van der Waals surface area (Å²) in [6.07, 6.45) is 3.80. The first kappa shape index (κ1) is 28.0. The van der Waals surface area contributed by atoms with Crippen molar-refractivity contribution in [3.05, 3.63) is 57.5 Å². The minimum atomic E-state index is -1.18. The number of aromatic nitrogens is 3. The van der Waals surface area contributed by atoms with Crippen LogP contribution in [0, 0.1) is 5.92 Å². The van der Waals surface area contributed by atoms with Crippen molar-refractivity contribution >= 4 is 41.0 Å². The Hall–Kier alpha value is -4.28. The van der Waals surface area contributed by atoms with Crippen molar-refractivity contribution in [3.8, 4) is 0 Å². The van der Waals surface area contributed by atoms with Crippen LogP contribution >= 0.6 is 0 Å². The number of carboxylic acids is 2. The molecule has 2 heterocycles. The van der Waals surface area contributed by atoms with Crippen LogP contribution in [0.2, 0.25) is 0 Å². The van der Waals surface area contributed by atoms with Crippen LogP contribution in [0.1, 0.15) is 48.2 Å². The predicted molar refractivity (Wildman–Crippen MR) is 136 cm³/mol. The first-order valence-corrected chi connectivity index (χ1v) is 11.0. The maximum absolute atomic E-state index is 12.6. The molecule has 0 saturated carbocycles. The number of fused-ring (bicyclic) bond motifs is 1. The van der Waals surface area contributed by atoms with Crippen LogP contribution in [0.4, 0.5) is 5.95 Å². The largest absolute Gasteiger partial charge is 0.481 e. The van der Waals surface area contributed by atoms with E-state index in [1.165, 1.54) is 0 Å². The number of aliphatic imine (C=N–C) groups is 1. The summed E-state index contributed by atoms with van der Waals surface area (Å²) in [5, 5.41) is 18.5. The van der Waals surface area contributed by atoms with Gasteiger partial charge in [-0.05, 0) is 30.4 Å². The van der Waals surface area contributed by atoms with E-state index in [1.54, 1.807) is 41.7 Å². The second-order valence-corrected chi connectivity index (χ2v) is 8.43. The highest BCUT2D eigenvalue weighted by atomic mass is 16.4. The topological polar surface area (TPSA) is 169 Å². The molecule has 1 aromatic carbocycles. The summed E-state index contributed by atoms with van der Waals surface area (Å²) in [7, 11) is 3.62. The first-order valence-electron chi connectivity index (χ1n) is 11.0. The van der Waals surface area contributed by atoms with Crippen LogP contribution in [-0.4, -0.2) is 68.2 Å². The summed E-state index contributed by atoms with van der Waals surface area (Å²) in [4.78, 5) is 62.9. The van der Waals surface area contributed by atoms with Crippen molar-refractivity contribution in [1.29, 1.82) is 0 Å². The molecule has 1 unspecified atom stereocenters. The van der Waals surface area contributed by atoms with E-state index in [4.69, 9.17) is 5.11 Å². The van der Waals surface area contributed by atoms with E-state index < -0.39 is 17.9 Å². The molecule has 11 nitrogen and oxygen atoms in total. The summed E-state index contributed by atoms with van der Waals surface area (Å²) in [5.74, 6) is -3.47. The summed E-state index contributed by atoms with van der Waals surface area (Å²) in [5.41, 5.74) is 2.28. The SMILES string of the molecule is C.CN(C)C=Nc1nc2[nH]cc(CCc3ccc(C(=O)CC(CCC(=O)O)C(=O)O)cc3)c2c(=O)[nH]1. The number of carbonyl (C=O) groups is 3. The number of aryl methyl sites for hydroxylation is 2. The fourth-order valence-corrected chi connectivity index (χ4v) is 3.61. The number of rotatable bonds is 12. The van der Waals surface area contributed by atoms with Crippen LogP contribution in [0.25, 0.3) is 11.0 Å². The number of hydrogen-bond acceptors (Lipinski definition) is 6. The zero-order chi connectivity index (χ0) is 25.5. The lowest BCUT2D eigenvalue weighted by atomic mass is 9.93. The van der Waals surface area contributed by atoms with Gasteiger partial charge in [-0.3, -0.25) is 24.2 Å². The van der Waals surface area contributed by atoms with Crippen LogP contribution in [0.15, 0.2) is 40.2 Å². The van der Waals surface area contributed by atoms with Crippen molar-refractivity contribution < 1.29 is 24.6 Å². The number of nitrogens with zero attached hydrogens (tertiary/aromatic N) is 3. The Kier molecular flexibility index (Phi) is 9.66. The molecule has 0 aliphatic heterocycles. The number of nitrogens with one attached hydrogen (secondary N) is 2. The number of carbonyl (C=O) groups excluding carboxylic acids is 1. The van der Waals surface area contributed by atoms with Gasteiger partial charge in [0.15, 0.2) is 5.78 Å². The molecular weight excluding hydrogens is 466 g/mol. The van der Waals surface area contributed by atoms with Crippen LogP contribution < -0.4 is 5.56 Å². The Bertz CT molecular complexity index is 1310. The van der Waals surface area contributed by atoms with Crippen molar-refractivity contribution in [2.75, 3.05) is 14.1 Å². The Labute approximate surface area is 207 Å². The molecule has 0 aliphatic rings. The van der Waals surface area contributed by atoms with Crippen molar-refractivity contribution in [2.24, 2.45) is 10.9 Å². The van der Waals surface area contributed by atoms with Crippen molar-refractivity contribution in [2.45, 2.75) is 39.5 Å². The summed E-state index contributed by atoms with van der Waals surface area (Å²) in [6, 6.07) is 6.83. The minimum Gasteiger partial charge on any atom is -0.481 e. The monoisotopic (exact) mass is 497 g/mol. The standard InChI is InChI=1S/C24H27N5O6.CH4/c1-29(2)13-26-24-27-21-20(22(33)28-24)17(12-25-21)8-5-14-3-6-15(7-4-14)18(30)11-16(23(34)35)9-10-19(31)32;/h3-4,6-7,12-13,16H,5,8-11H2,1-2H3,(H,31,32)(H,34,35)(H2,25,27,28,33);1H4. The molecule has 36 heavy (non-hydrogen) atoms. The van der Waals surface area contributed by atoms with E-state index in [0.29, 0.717) is 29.4 Å². The predicted octanol–water partition coefficient (Wildman–Crippen LogP) is 3.03. The molecule has 0 aliphatic carbocycles. The van der Waals surface area contributed by atoms with E-state index in [0.717, 1.165) is 11.1 Å². The van der Waals surface area contributed by atoms with E-state index in [-0.39, 0.29) is 44.0 Å². The molecule has 0 saturated heterocycles. The normalized spacial score (nSPS) is 11.8. The molecular formula is C25H31N5O6. The number of hydrogen-bond donors (Lipinski definition) is 4. The maximum atomic E-state index is 12.6. The number of Topliss-reactive ketones (excluding diaryl/α,β-unsaturated/α-hetero) is 1. The molecule has 0 spiro atoms. The smallest absolute Gasteiger partial charge is 0.306 e. The maximum Gasteiger partial charge on any atom is 0.306 e. The Morgan fingerprint density at radius 1 is 1.14 bits per heavy atom. The van der Waals surface area contributed by atoms with Crippen molar-refractivity contribution in [3.63, 3.8) is 0 Å². The number of aromatic amines is 2. The first-order chi connectivity index (χ1) is 16.6. The van der Waals surface area contributed by atoms with Gasteiger partial charge in [0.25, 0.3) is 5.56 Å². The molecule has 192 valence electrons. The lowest BCUT2D eigenvalue weighted by molar-refractivity contribution is -0.142. The van der Waals surface area contributed by atoms with Gasteiger partial charge in [0, 0.05) is 38.7 Å². The lowest BCUT2D eigenvalue weighted by Gasteiger charge is -2.10. The van der Waals surface area contributed by atoms with Crippen LogP contribution in [-0.2, 0) is 22.4 Å². The van der Waals surface area contributed by atoms with E-state index in [2.05, 4.69) is 19.9 Å². The van der Waals surface area contributed by atoms with Gasteiger partial charge in [-0.25, -0.2) is 4.99 Å². The van der Waals surface area contributed by atoms with Gasteiger partial charge < -0.3 is 20.1 Å². The highest BCUT2D eigenvalue weighted by Gasteiger charge is 2.23. The zero-order valence-corrected chi connectivity index (χ0v) is 19.4. The fourth-order valence-electron chi connectivity index (χ4n) is 3.61. The summed E-state index contributed by atoms with van der Waals surface area (Å²) in [6.45, 7) is 0. The quantitative estimate of drug-likeness (QED) is 0.168. The lowest BCUT2D eigenvalue weighted by Crippen LogP contribution is -2.19. The average molecular weight is 498 g/mol. The molecule has 3 aromatic rings. The number of H-pyrrole nitrogens is 2. The van der Waals surface area contributed by atoms with Gasteiger partial charge in [0.2, 0.25) is 5.95 Å². The van der Waals surface area contributed by atoms with E-state index in [9.17, 15) is 24.3 Å². The Morgan fingerprint density at radius 3 is 2.44 bits per heavy atom. The molecule has 0 bridgehead atoms. The van der Waals surface area contributed by atoms with Gasteiger partial charge >= 0.3 is 11.9 Å². The second-order valence-electron chi connectivity index (χ2n) is 8.43. The molecule has 3 rings (SSSR count). The molecule has 2 aromatic heterocycles. The van der Waals surface area contributed by atoms with Gasteiger partial charge in [-0.1, -0.05) is 31.7 Å². The highest BCUT2D eigenvalue weighted by molar-refractivity contribution is 5.98. The van der Waals surface area contributed by atoms with Crippen LogP contribution in [0.5, 0.6) is 0 Å². The van der Waals surface area contributed by atoms with Crippen molar-refractivity contribution in [1.82, 2.24) is 19.9 Å². The molecule has 0 radical (unpaired) electrons. The minimum absolute atomic E-state index is 0. The molecule has 4 N–H and O–H groups in total. The van der Waals surface area contributed by atoms with Gasteiger partial charge in [0.1, 0.15) is 5.65 Å². The molecule has 11 heteroatoms. The molecule has 0 amide bonds. The third kappa shape index (κ3) is 7.36. The van der Waals surface area contributed by atoms with E-state index in [1.807, 2.05) is 14.1 Å². The second kappa shape index (κ2) is 12.4. The third-order valence-corrected chi connectivity index (χ3v) is 5.47. The highest BCUT2D eigenvalue weighted by Crippen LogP contribution is 2.19. The average Bonchev–Trinajstić information content (AvgIpc) is 3.22. The number of ketones is 1. The Balaban J connectivity index is 0.00000456. The fraction of sp³-hybridized carbons (Fsp3) is 0.360. The summed E-state index contributed by atoms with van der Waals surface area (Å²) >= 11 is 0. The van der Waals surface area contributed by atoms with Crippen LogP contribution in [0.3, 0.4) is 0 Å². The molecule has 0 fully saturated rings. The van der Waals surface area contributed by atoms with Gasteiger partial charge in [0.05, 0.1) is 17.6 Å². The van der Waals surface area contributed by atoms with Gasteiger partial charge in [-0.2, -0.15) is 4.98 Å². The van der Waals surface area contributed by atoms with Gasteiger partial charge in [-0.15, -0.1) is 0 Å². The number of benzene rings is 1. The molecule has 1 atom stereocenters. The summed E-state index contributed by atoms with van der Waals surface area (Å²) < 4.78 is 0.